The molecule has 2 rings (SSSR count). The number of hydrogen-bond acceptors (Lipinski definition) is 3. The molecule has 5 nitrogen and oxygen atoms in total. The highest BCUT2D eigenvalue weighted by atomic mass is 127. The molecular formula is C19H36IN3O2. The van der Waals surface area contributed by atoms with Crippen LogP contribution in [0.3, 0.4) is 0 Å². The summed E-state index contributed by atoms with van der Waals surface area (Å²) < 4.78 is 4.86. The lowest BCUT2D eigenvalue weighted by Gasteiger charge is -2.33. The van der Waals surface area contributed by atoms with Gasteiger partial charge in [0.1, 0.15) is 0 Å². The molecule has 0 spiro atoms. The Labute approximate surface area is 170 Å². The van der Waals surface area contributed by atoms with E-state index in [4.69, 9.17) is 9.73 Å². The topological polar surface area (TPSA) is 53.9 Å². The van der Waals surface area contributed by atoms with E-state index < -0.39 is 0 Å². The molecule has 1 aliphatic carbocycles. The van der Waals surface area contributed by atoms with Crippen molar-refractivity contribution in [2.45, 2.75) is 64.7 Å². The Morgan fingerprint density at radius 1 is 1.16 bits per heavy atom. The second kappa shape index (κ2) is 12.8. The number of hydrogen-bond donors (Lipinski definition) is 1. The van der Waals surface area contributed by atoms with Gasteiger partial charge < -0.3 is 15.0 Å². The molecule has 0 radical (unpaired) electrons. The second-order valence-corrected chi connectivity index (χ2v) is 7.17. The fraction of sp³-hybridized carbons (Fsp3) is 0.895. The van der Waals surface area contributed by atoms with Crippen LogP contribution < -0.4 is 5.32 Å². The average Bonchev–Trinajstić information content (AvgIpc) is 3.13. The van der Waals surface area contributed by atoms with Gasteiger partial charge in [-0.15, -0.1) is 24.0 Å². The summed E-state index contributed by atoms with van der Waals surface area (Å²) in [6.45, 7) is 5.67. The van der Waals surface area contributed by atoms with Crippen LogP contribution in [0.1, 0.15) is 64.7 Å². The van der Waals surface area contributed by atoms with Gasteiger partial charge in [0, 0.05) is 26.2 Å². The number of nitrogens with one attached hydrogen (secondary N) is 1. The summed E-state index contributed by atoms with van der Waals surface area (Å²) in [5.74, 6) is 1.99. The van der Waals surface area contributed by atoms with E-state index in [2.05, 4.69) is 17.1 Å². The zero-order valence-electron chi connectivity index (χ0n) is 16.0. The molecule has 1 aliphatic heterocycles. The van der Waals surface area contributed by atoms with Gasteiger partial charge in [-0.05, 0) is 32.1 Å². The molecular weight excluding hydrogens is 429 g/mol. The number of aliphatic imine (C=N–C) groups is 1. The van der Waals surface area contributed by atoms with Gasteiger partial charge in [-0.25, -0.2) is 0 Å². The molecule has 1 N–H and O–H groups in total. The minimum atomic E-state index is -0.0662. The van der Waals surface area contributed by atoms with Crippen LogP contribution in [-0.4, -0.2) is 50.1 Å². The van der Waals surface area contributed by atoms with E-state index in [9.17, 15) is 4.79 Å². The van der Waals surface area contributed by atoms with Crippen molar-refractivity contribution < 1.29 is 9.53 Å². The summed E-state index contributed by atoms with van der Waals surface area (Å²) >= 11 is 0. The zero-order chi connectivity index (χ0) is 17.2. The van der Waals surface area contributed by atoms with Crippen LogP contribution in [0.2, 0.25) is 0 Å². The Kier molecular flexibility index (Phi) is 11.5. The number of guanidine groups is 1. The van der Waals surface area contributed by atoms with Gasteiger partial charge >= 0.3 is 5.97 Å². The number of esters is 1. The summed E-state index contributed by atoms with van der Waals surface area (Å²) in [4.78, 5) is 18.7. The maximum atomic E-state index is 11.6. The van der Waals surface area contributed by atoms with Gasteiger partial charge in [0.15, 0.2) is 5.96 Å². The monoisotopic (exact) mass is 465 g/mol. The van der Waals surface area contributed by atoms with Gasteiger partial charge in [0.25, 0.3) is 0 Å². The first-order valence-corrected chi connectivity index (χ1v) is 9.85. The van der Waals surface area contributed by atoms with Crippen molar-refractivity contribution in [1.29, 1.82) is 0 Å². The standard InChI is InChI=1S/C19H35N3O2.HI/c1-3-20-19(21-13-7-6-10-16-8-4-5-9-16)22-14-11-17(12-15-22)18(23)24-2;/h16-17H,3-15H2,1-2H3,(H,20,21);1H. The summed E-state index contributed by atoms with van der Waals surface area (Å²) in [5.41, 5.74) is 0. The molecule has 2 aliphatic rings. The van der Waals surface area contributed by atoms with E-state index in [1.165, 1.54) is 52.1 Å². The number of carbonyl (C=O) groups excluding carboxylic acids is 1. The smallest absolute Gasteiger partial charge is 0.308 e. The van der Waals surface area contributed by atoms with E-state index in [1.54, 1.807) is 0 Å². The lowest BCUT2D eigenvalue weighted by Crippen LogP contribution is -2.46. The van der Waals surface area contributed by atoms with E-state index in [0.717, 1.165) is 50.9 Å². The number of ether oxygens (including phenoxy) is 1. The van der Waals surface area contributed by atoms with Crippen LogP contribution >= 0.6 is 24.0 Å². The lowest BCUT2D eigenvalue weighted by molar-refractivity contribution is -0.146. The van der Waals surface area contributed by atoms with E-state index >= 15 is 0 Å². The minimum absolute atomic E-state index is 0. The Bertz CT molecular complexity index is 403. The van der Waals surface area contributed by atoms with Gasteiger partial charge in [-0.3, -0.25) is 9.79 Å². The summed E-state index contributed by atoms with van der Waals surface area (Å²) in [7, 11) is 1.48. The quantitative estimate of drug-likeness (QED) is 0.204. The van der Waals surface area contributed by atoms with Gasteiger partial charge in [0.2, 0.25) is 0 Å². The number of unbranched alkanes of at least 4 members (excludes halogenated alkanes) is 1. The number of likely N-dealkylation sites (tertiary alicyclic amines) is 1. The molecule has 25 heavy (non-hydrogen) atoms. The van der Waals surface area contributed by atoms with Crippen LogP contribution in [0.5, 0.6) is 0 Å². The molecule has 0 aromatic carbocycles. The molecule has 0 unspecified atom stereocenters. The van der Waals surface area contributed by atoms with Gasteiger partial charge in [-0.2, -0.15) is 0 Å². The Hall–Kier alpha value is -0.530. The number of rotatable bonds is 7. The molecule has 6 heteroatoms. The fourth-order valence-electron chi connectivity index (χ4n) is 3.95. The largest absolute Gasteiger partial charge is 0.469 e. The van der Waals surface area contributed by atoms with Crippen LogP contribution in [0, 0.1) is 11.8 Å². The maximum absolute atomic E-state index is 11.6. The van der Waals surface area contributed by atoms with Gasteiger partial charge in [-0.1, -0.05) is 38.5 Å². The predicted octanol–water partition coefficient (Wildman–Crippen LogP) is 3.82. The van der Waals surface area contributed by atoms with Crippen molar-refractivity contribution in [2.24, 2.45) is 16.8 Å². The molecule has 0 amide bonds. The zero-order valence-corrected chi connectivity index (χ0v) is 18.3. The molecule has 0 atom stereocenters. The van der Waals surface area contributed by atoms with Crippen molar-refractivity contribution in [3.8, 4) is 0 Å². The van der Waals surface area contributed by atoms with Crippen molar-refractivity contribution in [3.05, 3.63) is 0 Å². The van der Waals surface area contributed by atoms with Crippen molar-refractivity contribution in [1.82, 2.24) is 10.2 Å². The third-order valence-corrected chi connectivity index (χ3v) is 5.42. The second-order valence-electron chi connectivity index (χ2n) is 7.17. The number of methoxy groups -OCH3 is 1. The number of carbonyl (C=O) groups is 1. The molecule has 0 aromatic rings. The highest BCUT2D eigenvalue weighted by Gasteiger charge is 2.26. The summed E-state index contributed by atoms with van der Waals surface area (Å²) in [5, 5.41) is 3.40. The molecule has 146 valence electrons. The van der Waals surface area contributed by atoms with Crippen LogP contribution in [0.25, 0.3) is 0 Å². The van der Waals surface area contributed by atoms with Crippen LogP contribution in [0.4, 0.5) is 0 Å². The molecule has 1 saturated carbocycles. The molecule has 0 aromatic heterocycles. The first-order valence-electron chi connectivity index (χ1n) is 9.85. The SMILES string of the molecule is CCNC(=NCCCCC1CCCC1)N1CCC(C(=O)OC)CC1.I. The summed E-state index contributed by atoms with van der Waals surface area (Å²) in [6, 6.07) is 0. The Balaban J connectivity index is 0.00000312. The first kappa shape index (κ1) is 22.5. The van der Waals surface area contributed by atoms with Crippen molar-refractivity contribution in [3.63, 3.8) is 0 Å². The van der Waals surface area contributed by atoms with E-state index in [0.29, 0.717) is 0 Å². The average molecular weight is 465 g/mol. The third kappa shape index (κ3) is 7.71. The Morgan fingerprint density at radius 2 is 1.84 bits per heavy atom. The third-order valence-electron chi connectivity index (χ3n) is 5.42. The van der Waals surface area contributed by atoms with Gasteiger partial charge in [0.05, 0.1) is 13.0 Å². The number of nitrogens with zero attached hydrogens (tertiary/aromatic N) is 2. The predicted molar refractivity (Wildman–Crippen MR) is 114 cm³/mol. The van der Waals surface area contributed by atoms with Crippen molar-refractivity contribution >= 4 is 35.9 Å². The highest BCUT2D eigenvalue weighted by Crippen LogP contribution is 2.28. The maximum Gasteiger partial charge on any atom is 0.308 e. The molecule has 0 bridgehead atoms. The van der Waals surface area contributed by atoms with E-state index in [-0.39, 0.29) is 35.9 Å². The van der Waals surface area contributed by atoms with Crippen LogP contribution in [-0.2, 0) is 9.53 Å². The number of piperidine rings is 1. The molecule has 2 fully saturated rings. The fourth-order valence-corrected chi connectivity index (χ4v) is 3.95. The normalized spacial score (nSPS) is 19.6. The highest BCUT2D eigenvalue weighted by molar-refractivity contribution is 14.0. The first-order chi connectivity index (χ1) is 11.7. The van der Waals surface area contributed by atoms with Crippen molar-refractivity contribution in [2.75, 3.05) is 33.3 Å². The molecule has 1 saturated heterocycles. The molecule has 1 heterocycles. The Morgan fingerprint density at radius 3 is 2.44 bits per heavy atom. The van der Waals surface area contributed by atoms with Crippen LogP contribution in [0.15, 0.2) is 4.99 Å². The summed E-state index contributed by atoms with van der Waals surface area (Å²) in [6.07, 6.45) is 11.4. The van der Waals surface area contributed by atoms with E-state index in [1.807, 2.05) is 0 Å². The number of halogens is 1. The minimum Gasteiger partial charge on any atom is -0.469 e. The lowest BCUT2D eigenvalue weighted by atomic mass is 9.97.